The van der Waals surface area contributed by atoms with Gasteiger partial charge in [0.1, 0.15) is 11.8 Å². The average Bonchev–Trinajstić information content (AvgIpc) is 2.49. The first-order valence-electron chi connectivity index (χ1n) is 7.51. The van der Waals surface area contributed by atoms with Gasteiger partial charge >= 0.3 is 0 Å². The molecule has 0 fully saturated rings. The van der Waals surface area contributed by atoms with Crippen molar-refractivity contribution in [3.05, 3.63) is 29.3 Å². The molecule has 3 nitrogen and oxygen atoms in total. The molecular weight excluding hydrogens is 248 g/mol. The summed E-state index contributed by atoms with van der Waals surface area (Å²) in [6, 6.07) is 8.45. The molecule has 0 saturated heterocycles. The molecule has 0 amide bonds. The van der Waals surface area contributed by atoms with E-state index in [9.17, 15) is 0 Å². The summed E-state index contributed by atoms with van der Waals surface area (Å²) in [5, 5.41) is 12.6. The zero-order valence-electron chi connectivity index (χ0n) is 12.9. The van der Waals surface area contributed by atoms with Gasteiger partial charge in [-0.25, -0.2) is 0 Å². The number of methoxy groups -OCH3 is 1. The Hall–Kier alpha value is -1.53. The second-order valence-corrected chi connectivity index (χ2v) is 5.28. The highest BCUT2D eigenvalue weighted by molar-refractivity contribution is 5.45. The number of hydrogen-bond acceptors (Lipinski definition) is 3. The molecule has 1 unspecified atom stereocenters. The van der Waals surface area contributed by atoms with E-state index in [-0.39, 0.29) is 0 Å². The molecule has 0 aliphatic rings. The van der Waals surface area contributed by atoms with Crippen LogP contribution in [0.15, 0.2) is 18.2 Å². The highest BCUT2D eigenvalue weighted by Crippen LogP contribution is 2.18. The van der Waals surface area contributed by atoms with E-state index in [1.807, 2.05) is 18.2 Å². The van der Waals surface area contributed by atoms with Gasteiger partial charge in [0.05, 0.1) is 12.7 Å². The van der Waals surface area contributed by atoms with Gasteiger partial charge in [0.15, 0.2) is 0 Å². The quantitative estimate of drug-likeness (QED) is 0.692. The predicted molar refractivity (Wildman–Crippen MR) is 82.8 cm³/mol. The van der Waals surface area contributed by atoms with Crippen LogP contribution in [-0.2, 0) is 6.54 Å². The number of unbranched alkanes of at least 4 members (excludes halogenated alkanes) is 3. The summed E-state index contributed by atoms with van der Waals surface area (Å²) >= 11 is 0. The molecule has 1 N–H and O–H groups in total. The Morgan fingerprint density at radius 1 is 1.30 bits per heavy atom. The van der Waals surface area contributed by atoms with Crippen molar-refractivity contribution < 1.29 is 4.74 Å². The summed E-state index contributed by atoms with van der Waals surface area (Å²) in [5.74, 6) is 0.642. The van der Waals surface area contributed by atoms with Gasteiger partial charge in [-0.05, 0) is 31.0 Å². The van der Waals surface area contributed by atoms with E-state index in [0.717, 1.165) is 12.1 Å². The van der Waals surface area contributed by atoms with E-state index >= 15 is 0 Å². The van der Waals surface area contributed by atoms with Crippen LogP contribution < -0.4 is 10.1 Å². The molecule has 0 aliphatic heterocycles. The smallest absolute Gasteiger partial charge is 0.136 e. The molecule has 0 bridgehead atoms. The van der Waals surface area contributed by atoms with Gasteiger partial charge in [0.25, 0.3) is 0 Å². The van der Waals surface area contributed by atoms with E-state index in [0.29, 0.717) is 17.4 Å². The molecule has 1 atom stereocenters. The van der Waals surface area contributed by atoms with Gasteiger partial charge in [0, 0.05) is 12.6 Å². The van der Waals surface area contributed by atoms with Crippen molar-refractivity contribution in [2.24, 2.45) is 0 Å². The molecule has 3 heteroatoms. The highest BCUT2D eigenvalue weighted by atomic mass is 16.5. The van der Waals surface area contributed by atoms with E-state index < -0.39 is 0 Å². The standard InChI is InChI=1S/C17H26N2O/c1-4-5-6-7-8-14(2)19-13-15-9-10-17(20-3)16(11-15)12-18/h9-11,14,19H,4-8,13H2,1-3H3. The molecule has 0 radical (unpaired) electrons. The molecule has 0 saturated carbocycles. The lowest BCUT2D eigenvalue weighted by atomic mass is 10.1. The zero-order chi connectivity index (χ0) is 14.8. The molecule has 0 heterocycles. The number of rotatable bonds is 9. The van der Waals surface area contributed by atoms with Crippen LogP contribution in [0.3, 0.4) is 0 Å². The average molecular weight is 274 g/mol. The zero-order valence-corrected chi connectivity index (χ0v) is 12.9. The van der Waals surface area contributed by atoms with Crippen molar-refractivity contribution in [2.45, 2.75) is 58.5 Å². The van der Waals surface area contributed by atoms with Gasteiger partial charge in [-0.2, -0.15) is 5.26 Å². The van der Waals surface area contributed by atoms with Crippen LogP contribution in [0.1, 0.15) is 57.1 Å². The van der Waals surface area contributed by atoms with E-state index in [2.05, 4.69) is 25.2 Å². The Labute approximate surface area is 123 Å². The molecule has 0 spiro atoms. The van der Waals surface area contributed by atoms with Crippen molar-refractivity contribution in [1.82, 2.24) is 5.32 Å². The van der Waals surface area contributed by atoms with Gasteiger partial charge in [-0.3, -0.25) is 0 Å². The van der Waals surface area contributed by atoms with Crippen LogP contribution in [0.25, 0.3) is 0 Å². The predicted octanol–water partition coefficient (Wildman–Crippen LogP) is 4.02. The Morgan fingerprint density at radius 2 is 2.10 bits per heavy atom. The number of nitriles is 1. The summed E-state index contributed by atoms with van der Waals surface area (Å²) in [6.45, 7) is 5.26. The molecule has 0 aliphatic carbocycles. The third kappa shape index (κ3) is 5.63. The third-order valence-electron chi connectivity index (χ3n) is 3.53. The molecule has 1 aromatic rings. The minimum atomic E-state index is 0.513. The maximum Gasteiger partial charge on any atom is 0.136 e. The van der Waals surface area contributed by atoms with Gasteiger partial charge in [-0.1, -0.05) is 38.7 Å². The summed E-state index contributed by atoms with van der Waals surface area (Å²) in [7, 11) is 1.59. The molecule has 0 aromatic heterocycles. The van der Waals surface area contributed by atoms with Crippen molar-refractivity contribution in [1.29, 1.82) is 5.26 Å². The second kappa shape index (κ2) is 9.39. The van der Waals surface area contributed by atoms with E-state index in [1.165, 1.54) is 32.1 Å². The largest absolute Gasteiger partial charge is 0.495 e. The fraction of sp³-hybridized carbons (Fsp3) is 0.588. The number of hydrogen-bond donors (Lipinski definition) is 1. The fourth-order valence-corrected chi connectivity index (χ4v) is 2.22. The molecule has 20 heavy (non-hydrogen) atoms. The molecule has 1 rings (SSSR count). The van der Waals surface area contributed by atoms with Crippen LogP contribution in [0.4, 0.5) is 0 Å². The molecule has 110 valence electrons. The lowest BCUT2D eigenvalue weighted by Crippen LogP contribution is -2.25. The van der Waals surface area contributed by atoms with Crippen LogP contribution in [0.5, 0.6) is 5.75 Å². The Kier molecular flexibility index (Phi) is 7.75. The highest BCUT2D eigenvalue weighted by Gasteiger charge is 2.05. The number of nitrogens with one attached hydrogen (secondary N) is 1. The maximum atomic E-state index is 9.07. The topological polar surface area (TPSA) is 45.0 Å². The fourth-order valence-electron chi connectivity index (χ4n) is 2.22. The minimum absolute atomic E-state index is 0.513. The Bertz CT molecular complexity index is 437. The van der Waals surface area contributed by atoms with Gasteiger partial charge in [0.2, 0.25) is 0 Å². The second-order valence-electron chi connectivity index (χ2n) is 5.28. The van der Waals surface area contributed by atoms with Gasteiger partial charge < -0.3 is 10.1 Å². The maximum absolute atomic E-state index is 9.07. The Balaban J connectivity index is 2.40. The first-order chi connectivity index (χ1) is 9.71. The number of ether oxygens (including phenoxy) is 1. The third-order valence-corrected chi connectivity index (χ3v) is 3.53. The van der Waals surface area contributed by atoms with E-state index in [4.69, 9.17) is 10.00 Å². The first-order valence-corrected chi connectivity index (χ1v) is 7.51. The summed E-state index contributed by atoms with van der Waals surface area (Å²) in [5.41, 5.74) is 1.73. The number of nitrogens with zero attached hydrogens (tertiary/aromatic N) is 1. The van der Waals surface area contributed by atoms with Crippen molar-refractivity contribution in [2.75, 3.05) is 7.11 Å². The normalized spacial score (nSPS) is 11.9. The lowest BCUT2D eigenvalue weighted by molar-refractivity contribution is 0.413. The SMILES string of the molecule is CCCCCCC(C)NCc1ccc(OC)c(C#N)c1. The Morgan fingerprint density at radius 3 is 2.75 bits per heavy atom. The minimum Gasteiger partial charge on any atom is -0.495 e. The number of benzene rings is 1. The van der Waals surface area contributed by atoms with Crippen LogP contribution in [0, 0.1) is 11.3 Å². The van der Waals surface area contributed by atoms with Crippen molar-refractivity contribution in [3.8, 4) is 11.8 Å². The lowest BCUT2D eigenvalue weighted by Gasteiger charge is -2.14. The van der Waals surface area contributed by atoms with Gasteiger partial charge in [-0.15, -0.1) is 0 Å². The van der Waals surface area contributed by atoms with Crippen LogP contribution in [0.2, 0.25) is 0 Å². The van der Waals surface area contributed by atoms with Crippen molar-refractivity contribution >= 4 is 0 Å². The molecular formula is C17H26N2O. The summed E-state index contributed by atoms with van der Waals surface area (Å²) in [4.78, 5) is 0. The first kappa shape index (κ1) is 16.5. The molecule has 1 aromatic carbocycles. The van der Waals surface area contributed by atoms with E-state index in [1.54, 1.807) is 7.11 Å². The van der Waals surface area contributed by atoms with Crippen LogP contribution in [-0.4, -0.2) is 13.2 Å². The monoisotopic (exact) mass is 274 g/mol. The van der Waals surface area contributed by atoms with Crippen LogP contribution >= 0.6 is 0 Å². The summed E-state index contributed by atoms with van der Waals surface area (Å²) in [6.07, 6.45) is 6.43. The summed E-state index contributed by atoms with van der Waals surface area (Å²) < 4.78 is 5.15. The van der Waals surface area contributed by atoms with Crippen molar-refractivity contribution in [3.63, 3.8) is 0 Å².